The van der Waals surface area contributed by atoms with Crippen molar-refractivity contribution >= 4 is 33.8 Å². The van der Waals surface area contributed by atoms with E-state index in [-0.39, 0.29) is 11.7 Å². The van der Waals surface area contributed by atoms with Gasteiger partial charge in [-0.1, -0.05) is 30.9 Å². The second kappa shape index (κ2) is 9.42. The summed E-state index contributed by atoms with van der Waals surface area (Å²) in [5.41, 5.74) is 3.05. The van der Waals surface area contributed by atoms with E-state index in [1.807, 2.05) is 18.2 Å². The predicted octanol–water partition coefficient (Wildman–Crippen LogP) is 4.30. The molecule has 1 saturated heterocycles. The van der Waals surface area contributed by atoms with Gasteiger partial charge >= 0.3 is 0 Å². The SMILES string of the molecule is C=Cc1cc(C(=O)N2CCOC(=NC)/C2=C\Cc2ccc(C#N)cc2)cc(Br)c1O. The van der Waals surface area contributed by atoms with Crippen molar-refractivity contribution in [3.8, 4) is 11.8 Å². The van der Waals surface area contributed by atoms with Gasteiger partial charge in [-0.3, -0.25) is 9.79 Å². The second-order valence-electron chi connectivity index (χ2n) is 6.54. The van der Waals surface area contributed by atoms with E-state index >= 15 is 0 Å². The molecule has 2 aromatic rings. The first-order chi connectivity index (χ1) is 14.5. The molecule has 6 nitrogen and oxygen atoms in total. The van der Waals surface area contributed by atoms with E-state index in [4.69, 9.17) is 10.00 Å². The summed E-state index contributed by atoms with van der Waals surface area (Å²) in [6, 6.07) is 12.6. The number of carbonyl (C=O) groups excluding carboxylic acids is 1. The normalized spacial score (nSPS) is 16.2. The van der Waals surface area contributed by atoms with Crippen LogP contribution in [0.2, 0.25) is 0 Å². The average molecular weight is 466 g/mol. The average Bonchev–Trinajstić information content (AvgIpc) is 2.78. The fraction of sp³-hybridized carbons (Fsp3) is 0.174. The number of phenols is 1. The van der Waals surface area contributed by atoms with Gasteiger partial charge in [-0.15, -0.1) is 0 Å². The monoisotopic (exact) mass is 465 g/mol. The zero-order chi connectivity index (χ0) is 21.7. The number of halogens is 1. The van der Waals surface area contributed by atoms with Crippen molar-refractivity contribution in [1.29, 1.82) is 5.26 Å². The molecular formula is C23H20BrN3O3. The number of benzene rings is 2. The third-order valence-electron chi connectivity index (χ3n) is 4.69. The molecule has 0 saturated carbocycles. The minimum Gasteiger partial charge on any atom is -0.506 e. The molecule has 0 atom stereocenters. The summed E-state index contributed by atoms with van der Waals surface area (Å²) in [7, 11) is 1.62. The molecule has 1 fully saturated rings. The van der Waals surface area contributed by atoms with Crippen LogP contribution < -0.4 is 0 Å². The summed E-state index contributed by atoms with van der Waals surface area (Å²) >= 11 is 3.29. The highest BCUT2D eigenvalue weighted by Gasteiger charge is 2.28. The maximum atomic E-state index is 13.3. The number of nitriles is 1. The molecule has 3 rings (SSSR count). The van der Waals surface area contributed by atoms with Gasteiger partial charge in [-0.2, -0.15) is 5.26 Å². The summed E-state index contributed by atoms with van der Waals surface area (Å²) in [4.78, 5) is 19.1. The molecule has 1 aliphatic heterocycles. The molecule has 1 aliphatic rings. The van der Waals surface area contributed by atoms with Crippen LogP contribution >= 0.6 is 15.9 Å². The van der Waals surface area contributed by atoms with E-state index in [2.05, 4.69) is 33.6 Å². The van der Waals surface area contributed by atoms with Crippen molar-refractivity contribution in [2.75, 3.05) is 20.2 Å². The summed E-state index contributed by atoms with van der Waals surface area (Å²) in [5, 5.41) is 19.0. The molecule has 0 bridgehead atoms. The van der Waals surface area contributed by atoms with Gasteiger partial charge in [0, 0.05) is 18.2 Å². The molecular weight excluding hydrogens is 446 g/mol. The number of aromatic hydroxyl groups is 1. The van der Waals surface area contributed by atoms with Crippen LogP contribution in [0.3, 0.4) is 0 Å². The van der Waals surface area contributed by atoms with Crippen LogP contribution in [0.5, 0.6) is 5.75 Å². The van der Waals surface area contributed by atoms with E-state index < -0.39 is 0 Å². The van der Waals surface area contributed by atoms with Gasteiger partial charge in [0.25, 0.3) is 5.91 Å². The maximum absolute atomic E-state index is 13.3. The minimum atomic E-state index is -0.227. The molecule has 0 aromatic heterocycles. The number of morpholine rings is 1. The molecule has 1 amide bonds. The molecule has 30 heavy (non-hydrogen) atoms. The van der Waals surface area contributed by atoms with Crippen LogP contribution in [-0.2, 0) is 11.2 Å². The lowest BCUT2D eigenvalue weighted by molar-refractivity contribution is 0.0755. The van der Waals surface area contributed by atoms with Crippen LogP contribution in [0.1, 0.15) is 27.0 Å². The lowest BCUT2D eigenvalue weighted by Crippen LogP contribution is -2.41. The van der Waals surface area contributed by atoms with Gasteiger partial charge in [-0.25, -0.2) is 0 Å². The number of nitrogens with zero attached hydrogens (tertiary/aromatic N) is 3. The van der Waals surface area contributed by atoms with Crippen molar-refractivity contribution in [2.24, 2.45) is 4.99 Å². The fourth-order valence-electron chi connectivity index (χ4n) is 3.12. The van der Waals surface area contributed by atoms with Gasteiger partial charge in [0.2, 0.25) is 5.90 Å². The largest absolute Gasteiger partial charge is 0.506 e. The zero-order valence-electron chi connectivity index (χ0n) is 16.4. The number of hydrogen-bond acceptors (Lipinski definition) is 5. The molecule has 0 spiro atoms. The maximum Gasteiger partial charge on any atom is 0.258 e. The van der Waals surface area contributed by atoms with Crippen LogP contribution in [0.4, 0.5) is 0 Å². The lowest BCUT2D eigenvalue weighted by Gasteiger charge is -2.31. The molecule has 0 aliphatic carbocycles. The number of hydrogen-bond donors (Lipinski definition) is 1. The van der Waals surface area contributed by atoms with Gasteiger partial charge in [0.05, 0.1) is 22.7 Å². The quantitative estimate of drug-likeness (QED) is 0.729. The number of rotatable bonds is 4. The Morgan fingerprint density at radius 1 is 1.40 bits per heavy atom. The Morgan fingerprint density at radius 2 is 2.13 bits per heavy atom. The lowest BCUT2D eigenvalue weighted by atomic mass is 10.1. The highest BCUT2D eigenvalue weighted by molar-refractivity contribution is 9.10. The second-order valence-corrected chi connectivity index (χ2v) is 7.39. The molecule has 0 unspecified atom stereocenters. The van der Waals surface area contributed by atoms with E-state index in [0.29, 0.717) is 52.3 Å². The number of ether oxygens (including phenoxy) is 1. The Balaban J connectivity index is 1.94. The number of phenolic OH excluding ortho intramolecular Hbond substituents is 1. The number of amides is 1. The first-order valence-corrected chi connectivity index (χ1v) is 10.0. The van der Waals surface area contributed by atoms with Crippen molar-refractivity contribution in [3.63, 3.8) is 0 Å². The first kappa shape index (κ1) is 21.3. The van der Waals surface area contributed by atoms with Crippen LogP contribution in [-0.4, -0.2) is 42.0 Å². The number of carbonyl (C=O) groups is 1. The third-order valence-corrected chi connectivity index (χ3v) is 5.29. The predicted molar refractivity (Wildman–Crippen MR) is 119 cm³/mol. The van der Waals surface area contributed by atoms with Gasteiger partial charge in [0.1, 0.15) is 18.1 Å². The van der Waals surface area contributed by atoms with Crippen LogP contribution in [0, 0.1) is 11.3 Å². The highest BCUT2D eigenvalue weighted by Crippen LogP contribution is 2.31. The van der Waals surface area contributed by atoms with Crippen molar-refractivity contribution in [3.05, 3.63) is 81.5 Å². The minimum absolute atomic E-state index is 0.0379. The first-order valence-electron chi connectivity index (χ1n) is 9.24. The van der Waals surface area contributed by atoms with E-state index in [1.165, 1.54) is 6.08 Å². The zero-order valence-corrected chi connectivity index (χ0v) is 18.0. The summed E-state index contributed by atoms with van der Waals surface area (Å²) in [6.45, 7) is 4.39. The molecule has 2 aromatic carbocycles. The number of allylic oxidation sites excluding steroid dienone is 1. The van der Waals surface area contributed by atoms with E-state index in [0.717, 1.165) is 5.56 Å². The van der Waals surface area contributed by atoms with Gasteiger partial charge < -0.3 is 14.7 Å². The molecule has 152 valence electrons. The van der Waals surface area contributed by atoms with Gasteiger partial charge in [0.15, 0.2) is 0 Å². The Labute approximate surface area is 183 Å². The Bertz CT molecular complexity index is 1080. The summed E-state index contributed by atoms with van der Waals surface area (Å²) < 4.78 is 6.07. The van der Waals surface area contributed by atoms with Gasteiger partial charge in [-0.05, 0) is 52.2 Å². The van der Waals surface area contributed by atoms with Crippen LogP contribution in [0.25, 0.3) is 6.08 Å². The highest BCUT2D eigenvalue weighted by atomic mass is 79.9. The molecule has 1 N–H and O–H groups in total. The van der Waals surface area contributed by atoms with Crippen molar-refractivity contribution < 1.29 is 14.6 Å². The Kier molecular flexibility index (Phi) is 6.70. The standard InChI is InChI=1S/C23H20BrN3O3/c1-3-17-12-18(13-19(24)21(17)28)23(29)27-10-11-30-22(26-2)20(27)9-8-15-4-6-16(14-25)7-5-15/h3-7,9,12-13,28H,1,8,10-11H2,2H3/b20-9+,26-22?. The van der Waals surface area contributed by atoms with E-state index in [1.54, 1.807) is 36.2 Å². The Morgan fingerprint density at radius 3 is 2.77 bits per heavy atom. The third kappa shape index (κ3) is 4.44. The Hall–Kier alpha value is -3.37. The smallest absolute Gasteiger partial charge is 0.258 e. The topological polar surface area (TPSA) is 85.9 Å². The van der Waals surface area contributed by atoms with Crippen LogP contribution in [0.15, 0.2) is 64.2 Å². The van der Waals surface area contributed by atoms with Crippen molar-refractivity contribution in [1.82, 2.24) is 4.90 Å². The van der Waals surface area contributed by atoms with Crippen molar-refractivity contribution in [2.45, 2.75) is 6.42 Å². The molecule has 0 radical (unpaired) electrons. The summed E-state index contributed by atoms with van der Waals surface area (Å²) in [6.07, 6.45) is 3.94. The van der Waals surface area contributed by atoms with E-state index in [9.17, 15) is 9.90 Å². The molecule has 1 heterocycles. The number of aliphatic imine (C=N–C) groups is 1. The molecule has 7 heteroatoms. The fourth-order valence-corrected chi connectivity index (χ4v) is 3.59. The summed E-state index contributed by atoms with van der Waals surface area (Å²) in [5.74, 6) is 0.204.